The van der Waals surface area contributed by atoms with Gasteiger partial charge in [-0.25, -0.2) is 0 Å². The molecular weight excluding hydrogens is 396 g/mol. The molecule has 0 aromatic rings. The Morgan fingerprint density at radius 2 is 1.72 bits per heavy atom. The number of aliphatic hydroxyl groups is 1. The van der Waals surface area contributed by atoms with Crippen LogP contribution in [0, 0.1) is 52.3 Å². The number of carbonyl (C=O) groups excluding carboxylic acids is 1. The Bertz CT molecular complexity index is 673. The summed E-state index contributed by atoms with van der Waals surface area (Å²) < 4.78 is 5.62. The van der Waals surface area contributed by atoms with Gasteiger partial charge < -0.3 is 9.84 Å². The SMILES string of the molecule is CC(=O)O[C@H]1C[C@@]2(C)C(CC[C@H]3[C@@H]4CC[C@H]([C@H](C)CCCC(C)C)[C@@]4(C)CC[C@@H]32)C[C@@H]1O. The second kappa shape index (κ2) is 9.23. The lowest BCUT2D eigenvalue weighted by atomic mass is 9.44. The Kier molecular flexibility index (Phi) is 7.08. The van der Waals surface area contributed by atoms with Gasteiger partial charge in [0.25, 0.3) is 0 Å². The van der Waals surface area contributed by atoms with Gasteiger partial charge in [0.15, 0.2) is 0 Å². The summed E-state index contributed by atoms with van der Waals surface area (Å²) in [6, 6.07) is 0. The molecule has 0 radical (unpaired) electrons. The molecule has 10 atom stereocenters. The van der Waals surface area contributed by atoms with Crippen molar-refractivity contribution in [2.75, 3.05) is 0 Å². The summed E-state index contributed by atoms with van der Waals surface area (Å²) in [5.74, 6) is 5.35. The van der Waals surface area contributed by atoms with Gasteiger partial charge in [-0.05, 0) is 104 Å². The molecule has 0 amide bonds. The quantitative estimate of drug-likeness (QED) is 0.446. The molecule has 4 aliphatic rings. The van der Waals surface area contributed by atoms with Gasteiger partial charge in [0.1, 0.15) is 6.10 Å². The predicted octanol–water partition coefficient (Wildman–Crippen LogP) is 7.01. The molecule has 0 aromatic heterocycles. The average Bonchev–Trinajstić information content (AvgIpc) is 3.05. The molecule has 3 heteroatoms. The molecule has 0 bridgehead atoms. The van der Waals surface area contributed by atoms with Gasteiger partial charge in [-0.2, -0.15) is 0 Å². The van der Waals surface area contributed by atoms with E-state index in [0.717, 1.165) is 48.3 Å². The molecule has 32 heavy (non-hydrogen) atoms. The zero-order chi connectivity index (χ0) is 23.3. The van der Waals surface area contributed by atoms with E-state index in [1.165, 1.54) is 64.7 Å². The van der Waals surface area contributed by atoms with E-state index < -0.39 is 6.10 Å². The van der Waals surface area contributed by atoms with Crippen LogP contribution in [-0.4, -0.2) is 23.3 Å². The third-order valence-corrected chi connectivity index (χ3v) is 11.2. The van der Waals surface area contributed by atoms with Crippen molar-refractivity contribution in [2.24, 2.45) is 52.3 Å². The lowest BCUT2D eigenvalue weighted by Gasteiger charge is -2.62. The van der Waals surface area contributed by atoms with Gasteiger partial charge in [-0.1, -0.05) is 53.9 Å². The summed E-state index contributed by atoms with van der Waals surface area (Å²) in [5, 5.41) is 10.7. The van der Waals surface area contributed by atoms with Crippen molar-refractivity contribution in [1.82, 2.24) is 0 Å². The molecule has 184 valence electrons. The Hall–Kier alpha value is -0.570. The topological polar surface area (TPSA) is 46.5 Å². The van der Waals surface area contributed by atoms with Crippen LogP contribution in [0.25, 0.3) is 0 Å². The molecule has 0 heterocycles. The van der Waals surface area contributed by atoms with Crippen molar-refractivity contribution in [3.05, 3.63) is 0 Å². The minimum absolute atomic E-state index is 0.213. The standard InChI is InChI=1S/C29H50O3/c1-18(2)8-7-9-19(3)23-12-13-24-22-11-10-21-16-26(31)27(32-20(4)30)17-29(21,6)25(22)14-15-28(23,24)5/h18-19,21-27,31H,7-17H2,1-6H3/t19-,21?,22+,23-,24+,25+,26+,27+,28-,29+/m1/s1. The average molecular weight is 447 g/mol. The molecule has 3 nitrogen and oxygen atoms in total. The highest BCUT2D eigenvalue weighted by Crippen LogP contribution is 2.68. The third kappa shape index (κ3) is 4.29. The maximum Gasteiger partial charge on any atom is 0.302 e. The summed E-state index contributed by atoms with van der Waals surface area (Å²) >= 11 is 0. The minimum Gasteiger partial charge on any atom is -0.460 e. The minimum atomic E-state index is -0.482. The van der Waals surface area contributed by atoms with Crippen LogP contribution in [0.2, 0.25) is 0 Å². The molecule has 4 aliphatic carbocycles. The highest BCUT2D eigenvalue weighted by atomic mass is 16.6. The van der Waals surface area contributed by atoms with E-state index in [0.29, 0.717) is 11.3 Å². The van der Waals surface area contributed by atoms with Crippen LogP contribution >= 0.6 is 0 Å². The van der Waals surface area contributed by atoms with Crippen molar-refractivity contribution in [1.29, 1.82) is 0 Å². The Labute approximate surface area is 197 Å². The molecule has 0 aromatic carbocycles. The molecule has 1 N–H and O–H groups in total. The molecule has 0 spiro atoms. The second-order valence-electron chi connectivity index (χ2n) is 13.3. The first-order valence-corrected chi connectivity index (χ1v) is 13.9. The number of rotatable bonds is 6. The lowest BCUT2D eigenvalue weighted by Crippen LogP contribution is -2.57. The van der Waals surface area contributed by atoms with E-state index in [1.807, 2.05) is 0 Å². The van der Waals surface area contributed by atoms with Crippen molar-refractivity contribution in [3.8, 4) is 0 Å². The van der Waals surface area contributed by atoms with Crippen LogP contribution in [0.1, 0.15) is 112 Å². The van der Waals surface area contributed by atoms with Crippen LogP contribution in [-0.2, 0) is 9.53 Å². The van der Waals surface area contributed by atoms with E-state index in [9.17, 15) is 9.90 Å². The highest BCUT2D eigenvalue weighted by molar-refractivity contribution is 5.66. The Balaban J connectivity index is 1.48. The van der Waals surface area contributed by atoms with Gasteiger partial charge in [-0.3, -0.25) is 4.79 Å². The van der Waals surface area contributed by atoms with Crippen molar-refractivity contribution in [2.45, 2.75) is 124 Å². The smallest absolute Gasteiger partial charge is 0.302 e. The maximum absolute atomic E-state index is 11.7. The zero-order valence-electron chi connectivity index (χ0n) is 21.7. The predicted molar refractivity (Wildman–Crippen MR) is 130 cm³/mol. The third-order valence-electron chi connectivity index (χ3n) is 11.2. The van der Waals surface area contributed by atoms with E-state index in [2.05, 4.69) is 34.6 Å². The molecule has 4 saturated carbocycles. The molecule has 4 rings (SSSR count). The van der Waals surface area contributed by atoms with Gasteiger partial charge in [0.2, 0.25) is 0 Å². The number of fused-ring (bicyclic) bond motifs is 5. The fraction of sp³-hybridized carbons (Fsp3) is 0.966. The van der Waals surface area contributed by atoms with Gasteiger partial charge in [-0.15, -0.1) is 0 Å². The number of carbonyl (C=O) groups is 1. The first-order chi connectivity index (χ1) is 15.1. The second-order valence-corrected chi connectivity index (χ2v) is 13.3. The summed E-state index contributed by atoms with van der Waals surface area (Å²) in [7, 11) is 0. The van der Waals surface area contributed by atoms with Crippen LogP contribution in [0.4, 0.5) is 0 Å². The number of hydrogen-bond acceptors (Lipinski definition) is 3. The van der Waals surface area contributed by atoms with Crippen molar-refractivity contribution >= 4 is 5.97 Å². The first kappa shape index (κ1) is 24.6. The van der Waals surface area contributed by atoms with E-state index >= 15 is 0 Å². The van der Waals surface area contributed by atoms with Crippen LogP contribution in [0.5, 0.6) is 0 Å². The number of aliphatic hydroxyl groups excluding tert-OH is 1. The van der Waals surface area contributed by atoms with Crippen molar-refractivity contribution < 1.29 is 14.6 Å². The van der Waals surface area contributed by atoms with E-state index in [1.54, 1.807) is 0 Å². The van der Waals surface area contributed by atoms with E-state index in [-0.39, 0.29) is 17.5 Å². The fourth-order valence-electron chi connectivity index (χ4n) is 9.61. The molecule has 0 saturated heterocycles. The maximum atomic E-state index is 11.7. The monoisotopic (exact) mass is 446 g/mol. The summed E-state index contributed by atoms with van der Waals surface area (Å²) in [6.07, 6.45) is 13.2. The fourth-order valence-corrected chi connectivity index (χ4v) is 9.61. The van der Waals surface area contributed by atoms with E-state index in [4.69, 9.17) is 4.74 Å². The molecular formula is C29H50O3. The van der Waals surface area contributed by atoms with Crippen molar-refractivity contribution in [3.63, 3.8) is 0 Å². The molecule has 0 aliphatic heterocycles. The first-order valence-electron chi connectivity index (χ1n) is 13.9. The molecule has 1 unspecified atom stereocenters. The normalized spacial score (nSPS) is 46.8. The summed E-state index contributed by atoms with van der Waals surface area (Å²) in [6.45, 7) is 13.9. The van der Waals surface area contributed by atoms with Gasteiger partial charge in [0, 0.05) is 6.92 Å². The van der Waals surface area contributed by atoms with Crippen LogP contribution in [0.15, 0.2) is 0 Å². The number of hydrogen-bond donors (Lipinski definition) is 1. The van der Waals surface area contributed by atoms with Gasteiger partial charge in [0.05, 0.1) is 6.10 Å². The Morgan fingerprint density at radius 3 is 2.41 bits per heavy atom. The highest BCUT2D eigenvalue weighted by Gasteiger charge is 2.61. The summed E-state index contributed by atoms with van der Waals surface area (Å²) in [4.78, 5) is 11.7. The number of esters is 1. The lowest BCUT2D eigenvalue weighted by molar-refractivity contribution is -0.183. The van der Waals surface area contributed by atoms with Crippen LogP contribution in [0.3, 0.4) is 0 Å². The zero-order valence-corrected chi connectivity index (χ0v) is 21.7. The summed E-state index contributed by atoms with van der Waals surface area (Å²) in [5.41, 5.74) is 0.732. The largest absolute Gasteiger partial charge is 0.460 e. The number of ether oxygens (including phenoxy) is 1. The van der Waals surface area contributed by atoms with Gasteiger partial charge >= 0.3 is 5.97 Å². The molecule has 4 fully saturated rings. The Morgan fingerprint density at radius 1 is 1.00 bits per heavy atom. The van der Waals surface area contributed by atoms with Crippen LogP contribution < -0.4 is 0 Å².